The number of carbonyl (C=O) groups excluding carboxylic acids is 1. The Labute approximate surface area is 300 Å². The normalized spacial score (nSPS) is 15.4. The van der Waals surface area contributed by atoms with Crippen LogP contribution in [0.25, 0.3) is 39.3 Å². The number of aromatic nitrogens is 2. The van der Waals surface area contributed by atoms with Gasteiger partial charge < -0.3 is 24.4 Å². The molecule has 7 rings (SSSR count). The molecular formula is C39H36Cl2FN3O5. The first-order valence-electron chi connectivity index (χ1n) is 16.6. The summed E-state index contributed by atoms with van der Waals surface area (Å²) < 4.78 is 24.3. The number of halogens is 3. The van der Waals surface area contributed by atoms with Crippen molar-refractivity contribution in [2.24, 2.45) is 0 Å². The maximum atomic E-state index is 16.1. The highest BCUT2D eigenvalue weighted by Gasteiger charge is 2.26. The van der Waals surface area contributed by atoms with Crippen molar-refractivity contribution >= 4 is 58.4 Å². The van der Waals surface area contributed by atoms with Crippen molar-refractivity contribution in [3.05, 3.63) is 101 Å². The van der Waals surface area contributed by atoms with E-state index in [1.54, 1.807) is 36.4 Å². The van der Waals surface area contributed by atoms with Gasteiger partial charge in [-0.25, -0.2) is 19.0 Å². The number of hydrogen-bond acceptors (Lipinski definition) is 6. The molecule has 258 valence electrons. The molecule has 1 saturated heterocycles. The van der Waals surface area contributed by atoms with E-state index in [-0.39, 0.29) is 47.2 Å². The Hall–Kier alpha value is -4.66. The van der Waals surface area contributed by atoms with Gasteiger partial charge in [-0.1, -0.05) is 49.1 Å². The van der Waals surface area contributed by atoms with Crippen LogP contribution in [-0.4, -0.2) is 50.9 Å². The number of aromatic carboxylic acids is 1. The van der Waals surface area contributed by atoms with E-state index in [4.69, 9.17) is 21.3 Å². The van der Waals surface area contributed by atoms with E-state index in [0.717, 1.165) is 54.4 Å². The number of carboxylic acids is 1. The lowest BCUT2D eigenvalue weighted by atomic mass is 9.94. The Bertz CT molecular complexity index is 2080. The minimum absolute atomic E-state index is 0. The second-order valence-corrected chi connectivity index (χ2v) is 13.2. The number of carbonyl (C=O) groups is 1. The number of piperidine rings is 1. The number of ether oxygens (including phenoxy) is 1. The van der Waals surface area contributed by atoms with Crippen molar-refractivity contribution in [1.29, 1.82) is 0 Å². The predicted molar refractivity (Wildman–Crippen MR) is 196 cm³/mol. The van der Waals surface area contributed by atoms with Crippen molar-refractivity contribution in [2.75, 3.05) is 18.0 Å². The lowest BCUT2D eigenvalue weighted by molar-refractivity contribution is 0.0697. The van der Waals surface area contributed by atoms with Gasteiger partial charge in [-0.05, 0) is 91.4 Å². The molecule has 0 radical (unpaired) electrons. The van der Waals surface area contributed by atoms with Gasteiger partial charge in [0.05, 0.1) is 28.3 Å². The van der Waals surface area contributed by atoms with E-state index in [0.29, 0.717) is 47.9 Å². The number of aliphatic hydroxyl groups is 1. The number of rotatable bonds is 8. The maximum Gasteiger partial charge on any atom is 0.335 e. The number of imidazole rings is 1. The Morgan fingerprint density at radius 1 is 0.900 bits per heavy atom. The average molecular weight is 717 g/mol. The molecule has 1 aromatic heterocycles. The van der Waals surface area contributed by atoms with E-state index < -0.39 is 11.8 Å². The van der Waals surface area contributed by atoms with Gasteiger partial charge in [-0.15, -0.1) is 12.4 Å². The van der Waals surface area contributed by atoms with Crippen LogP contribution in [-0.2, 0) is 4.79 Å². The van der Waals surface area contributed by atoms with Gasteiger partial charge in [0.2, 0.25) is 5.76 Å². The van der Waals surface area contributed by atoms with Crippen LogP contribution in [0.15, 0.2) is 78.9 Å². The van der Waals surface area contributed by atoms with Gasteiger partial charge in [-0.3, -0.25) is 0 Å². The Morgan fingerprint density at radius 2 is 1.62 bits per heavy atom. The van der Waals surface area contributed by atoms with Crippen molar-refractivity contribution in [2.45, 2.75) is 57.1 Å². The SMILES string of the molecule is Cl.O=C=C(Oc1ccc(-c2nc3cc(C(=O)O)ccc3n2C2CCCCC2)c(F)c1)c1cc(N2CCC(O)CC2)ccc1-c1ccc(Cl)cc1. The number of hydrogen-bond donors (Lipinski definition) is 2. The molecule has 1 aliphatic heterocycles. The number of aliphatic hydroxyl groups excluding tert-OH is 1. The minimum Gasteiger partial charge on any atom is -0.478 e. The average Bonchev–Trinajstić information content (AvgIpc) is 3.50. The number of fused-ring (bicyclic) bond motifs is 1. The summed E-state index contributed by atoms with van der Waals surface area (Å²) in [7, 11) is 0. The second kappa shape index (κ2) is 15.1. The molecule has 1 saturated carbocycles. The van der Waals surface area contributed by atoms with Crippen LogP contribution in [0.3, 0.4) is 0 Å². The van der Waals surface area contributed by atoms with Crippen LogP contribution < -0.4 is 9.64 Å². The Balaban J connectivity index is 0.00000432. The zero-order valence-corrected chi connectivity index (χ0v) is 28.7. The standard InChI is InChI=1S/C39H35ClFN3O5.ClH/c40-26-9-6-24(7-10-26)31-13-11-28(43-18-16-29(46)17-19-43)21-33(31)37(23-45)49-30-12-14-32(34(41)22-30)38-42-35-20-25(39(47)48)8-15-36(35)44(38)27-4-2-1-3-5-27;/h6-15,20-22,27,29,46H,1-5,16-19H2,(H,47,48);1H. The van der Waals surface area contributed by atoms with Crippen molar-refractivity contribution < 1.29 is 28.9 Å². The highest BCUT2D eigenvalue weighted by atomic mass is 35.5. The van der Waals surface area contributed by atoms with E-state index in [2.05, 4.69) is 4.90 Å². The summed E-state index contributed by atoms with van der Waals surface area (Å²) in [6, 6.07) is 22.3. The van der Waals surface area contributed by atoms with Crippen LogP contribution >= 0.6 is 24.0 Å². The number of carboxylic acid groups (broad SMARTS) is 1. The van der Waals surface area contributed by atoms with Crippen molar-refractivity contribution in [1.82, 2.24) is 9.55 Å². The molecule has 0 bridgehead atoms. The highest BCUT2D eigenvalue weighted by Crippen LogP contribution is 2.39. The van der Waals surface area contributed by atoms with Crippen LogP contribution in [0, 0.1) is 5.82 Å². The summed E-state index contributed by atoms with van der Waals surface area (Å²) in [5, 5.41) is 20.2. The molecule has 2 fully saturated rings. The van der Waals surface area contributed by atoms with Crippen LogP contribution in [0.2, 0.25) is 5.02 Å². The fraction of sp³-hybridized carbons (Fsp3) is 0.282. The Kier molecular flexibility index (Phi) is 10.6. The molecule has 5 aromatic rings. The summed E-state index contributed by atoms with van der Waals surface area (Å²) in [4.78, 5) is 31.1. The van der Waals surface area contributed by atoms with E-state index in [9.17, 15) is 19.8 Å². The Morgan fingerprint density at radius 3 is 2.30 bits per heavy atom. The molecule has 2 N–H and O–H groups in total. The molecule has 4 aromatic carbocycles. The summed E-state index contributed by atoms with van der Waals surface area (Å²) in [5.41, 5.74) is 4.49. The summed E-state index contributed by atoms with van der Waals surface area (Å²) >= 11 is 6.16. The van der Waals surface area contributed by atoms with Crippen molar-refractivity contribution in [3.8, 4) is 28.3 Å². The fourth-order valence-electron chi connectivity index (χ4n) is 7.04. The molecule has 50 heavy (non-hydrogen) atoms. The van der Waals surface area contributed by atoms with Gasteiger partial charge in [0, 0.05) is 41.5 Å². The second-order valence-electron chi connectivity index (χ2n) is 12.7. The molecule has 0 spiro atoms. The molecule has 0 unspecified atom stereocenters. The zero-order valence-electron chi connectivity index (χ0n) is 27.1. The number of benzene rings is 4. The summed E-state index contributed by atoms with van der Waals surface area (Å²) in [5.74, 6) is 0.732. The monoisotopic (exact) mass is 715 g/mol. The topological polar surface area (TPSA) is 105 Å². The third kappa shape index (κ3) is 7.14. The van der Waals surface area contributed by atoms with E-state index in [1.807, 2.05) is 40.8 Å². The molecule has 8 nitrogen and oxygen atoms in total. The van der Waals surface area contributed by atoms with E-state index >= 15 is 4.39 Å². The van der Waals surface area contributed by atoms with Gasteiger partial charge in [-0.2, -0.15) is 0 Å². The van der Waals surface area contributed by atoms with E-state index in [1.165, 1.54) is 12.1 Å². The summed E-state index contributed by atoms with van der Waals surface area (Å²) in [6.45, 7) is 1.33. The highest BCUT2D eigenvalue weighted by molar-refractivity contribution is 6.30. The van der Waals surface area contributed by atoms with Gasteiger partial charge >= 0.3 is 5.97 Å². The fourth-order valence-corrected chi connectivity index (χ4v) is 7.17. The third-order valence-corrected chi connectivity index (χ3v) is 9.85. The van der Waals surface area contributed by atoms with Gasteiger partial charge in [0.25, 0.3) is 0 Å². The largest absolute Gasteiger partial charge is 0.478 e. The van der Waals surface area contributed by atoms with Crippen LogP contribution in [0.5, 0.6) is 5.75 Å². The summed E-state index contributed by atoms with van der Waals surface area (Å²) in [6.07, 6.45) is 6.02. The number of nitrogens with zero attached hydrogens (tertiary/aromatic N) is 3. The lowest BCUT2D eigenvalue weighted by Gasteiger charge is -2.32. The minimum atomic E-state index is -1.05. The quantitative estimate of drug-likeness (QED) is 0.122. The predicted octanol–water partition coefficient (Wildman–Crippen LogP) is 9.00. The first-order chi connectivity index (χ1) is 23.8. The molecule has 2 heterocycles. The molecule has 0 amide bonds. The first kappa shape index (κ1) is 35.2. The number of anilines is 1. The van der Waals surface area contributed by atoms with Gasteiger partial charge in [0.1, 0.15) is 17.4 Å². The van der Waals surface area contributed by atoms with Crippen molar-refractivity contribution in [3.63, 3.8) is 0 Å². The van der Waals surface area contributed by atoms with Crippen LogP contribution in [0.1, 0.15) is 66.9 Å². The molecule has 1 aliphatic carbocycles. The molecule has 0 atom stereocenters. The van der Waals surface area contributed by atoms with Gasteiger partial charge in [0.15, 0.2) is 5.94 Å². The maximum absolute atomic E-state index is 16.1. The third-order valence-electron chi connectivity index (χ3n) is 9.60. The first-order valence-corrected chi connectivity index (χ1v) is 17.0. The lowest BCUT2D eigenvalue weighted by Crippen LogP contribution is -2.35. The zero-order chi connectivity index (χ0) is 34.1. The van der Waals surface area contributed by atoms with Crippen LogP contribution in [0.4, 0.5) is 10.1 Å². The molecular weight excluding hydrogens is 680 g/mol. The molecule has 11 heteroatoms. The smallest absolute Gasteiger partial charge is 0.335 e. The molecule has 2 aliphatic rings.